The van der Waals surface area contributed by atoms with Gasteiger partial charge in [0.2, 0.25) is 5.72 Å². The Labute approximate surface area is 215 Å². The largest absolute Gasteiger partial charge is 0.463 e. The van der Waals surface area contributed by atoms with Crippen LogP contribution in [-0.4, -0.2) is 118 Å². The number of carbonyl (C=O) groups excluding carboxylic acids is 4. The highest BCUT2D eigenvalue weighted by molar-refractivity contribution is 5.68. The van der Waals surface area contributed by atoms with Gasteiger partial charge in [0, 0.05) is 38.0 Å². The molecule has 37 heavy (non-hydrogen) atoms. The molecule has 0 aromatic rings. The maximum atomic E-state index is 12.3. The Hall–Kier alpha value is -3.05. The van der Waals surface area contributed by atoms with Gasteiger partial charge in [0.15, 0.2) is 18.3 Å². The molecule has 0 aliphatic carbocycles. The van der Waals surface area contributed by atoms with E-state index in [1.54, 1.807) is 0 Å². The summed E-state index contributed by atoms with van der Waals surface area (Å²) in [6.45, 7) is -5.85. The number of hydrogen-bond donors (Lipinski definition) is 4. The second-order valence-corrected chi connectivity index (χ2v) is 7.85. The first kappa shape index (κ1) is 24.3. The molecule has 2 aliphatic heterocycles. The fourth-order valence-corrected chi connectivity index (χ4v) is 4.04. The maximum Gasteiger partial charge on any atom is 0.303 e. The second-order valence-electron chi connectivity index (χ2n) is 7.85. The lowest BCUT2D eigenvalue weighted by Crippen LogP contribution is -2.75. The quantitative estimate of drug-likeness (QED) is 0.0824. The summed E-state index contributed by atoms with van der Waals surface area (Å²) < 4.78 is 60.8. The predicted molar refractivity (Wildman–Crippen MR) is 114 cm³/mol. The summed E-state index contributed by atoms with van der Waals surface area (Å²) in [5.41, 5.74) is 6.45. The molecule has 2 fully saturated rings. The van der Waals surface area contributed by atoms with Gasteiger partial charge in [0.05, 0.1) is 6.61 Å². The first-order chi connectivity index (χ1) is 19.4. The molecule has 0 radical (unpaired) electrons. The van der Waals surface area contributed by atoms with E-state index >= 15 is 0 Å². The van der Waals surface area contributed by atoms with Crippen molar-refractivity contribution in [2.75, 3.05) is 13.2 Å². The third-order valence-electron chi connectivity index (χ3n) is 5.45. The van der Waals surface area contributed by atoms with Gasteiger partial charge in [-0.1, -0.05) is 5.11 Å². The number of esters is 4. The molecule has 0 saturated carbocycles. The van der Waals surface area contributed by atoms with Crippen molar-refractivity contribution in [1.82, 2.24) is 0 Å². The number of aliphatic hydroxyl groups is 4. The topological polar surface area (TPSA) is 253 Å². The monoisotopic (exact) mass is 539 g/mol. The van der Waals surface area contributed by atoms with Crippen molar-refractivity contribution in [3.8, 4) is 0 Å². The minimum Gasteiger partial charge on any atom is -0.463 e. The Bertz CT molecular complexity index is 1000. The first-order valence-electron chi connectivity index (χ1n) is 13.2. The number of ether oxygens (including phenoxy) is 6. The molecule has 2 unspecified atom stereocenters. The van der Waals surface area contributed by atoms with Crippen molar-refractivity contribution in [3.05, 3.63) is 10.4 Å². The highest BCUT2D eigenvalue weighted by atomic mass is 16.7. The van der Waals surface area contributed by atoms with Gasteiger partial charge in [-0.2, -0.15) is 0 Å². The van der Waals surface area contributed by atoms with Gasteiger partial charge >= 0.3 is 23.9 Å². The van der Waals surface area contributed by atoms with E-state index in [-0.39, 0.29) is 0 Å². The maximum absolute atomic E-state index is 12.3. The SMILES string of the molecule is [2H]CC(=O)OC[C@H]1OC(C2(N=[N+]=[N-])O[C@H](CO)[C@@H](O)[C@H](O)[C@H]2O)[C@H](OC(=O)C[2H])[C@@H](OC(=O)C[2H])[C@@H]1OC(=O)C[2H]. The summed E-state index contributed by atoms with van der Waals surface area (Å²) in [6.07, 6.45) is -18.3. The minimum atomic E-state index is -2.92. The molecule has 2 heterocycles. The van der Waals surface area contributed by atoms with Crippen LogP contribution in [-0.2, 0) is 47.6 Å². The summed E-state index contributed by atoms with van der Waals surface area (Å²) in [5.74, 6) is -5.00. The number of rotatable bonds is 8. The van der Waals surface area contributed by atoms with Crippen molar-refractivity contribution in [3.63, 3.8) is 0 Å². The van der Waals surface area contributed by atoms with E-state index in [2.05, 4.69) is 10.0 Å². The predicted octanol–water partition coefficient (Wildman–Crippen LogP) is -2.41. The van der Waals surface area contributed by atoms with Crippen molar-refractivity contribution in [1.29, 1.82) is 0 Å². The third kappa shape index (κ3) is 6.64. The third-order valence-corrected chi connectivity index (χ3v) is 5.45. The molecular weight excluding hydrogens is 506 g/mol. The first-order valence-corrected chi connectivity index (χ1v) is 10.4. The van der Waals surface area contributed by atoms with Gasteiger partial charge in [0.25, 0.3) is 0 Å². The fraction of sp³-hybridized carbons (Fsp3) is 0.800. The van der Waals surface area contributed by atoms with Crippen LogP contribution in [0.1, 0.15) is 33.1 Å². The van der Waals surface area contributed by atoms with Gasteiger partial charge < -0.3 is 48.8 Å². The van der Waals surface area contributed by atoms with Crippen molar-refractivity contribution in [2.24, 2.45) is 5.11 Å². The highest BCUT2D eigenvalue weighted by Gasteiger charge is 2.65. The Morgan fingerprint density at radius 3 is 2.03 bits per heavy atom. The number of hydrogen-bond acceptors (Lipinski definition) is 15. The van der Waals surface area contributed by atoms with E-state index in [4.69, 9.17) is 33.9 Å². The van der Waals surface area contributed by atoms with E-state index in [1.807, 2.05) is 0 Å². The fourth-order valence-electron chi connectivity index (χ4n) is 4.04. The molecule has 0 spiro atoms. The van der Waals surface area contributed by atoms with E-state index in [0.29, 0.717) is 0 Å². The van der Waals surface area contributed by atoms with Gasteiger partial charge in [-0.25, -0.2) is 0 Å². The highest BCUT2D eigenvalue weighted by Crippen LogP contribution is 2.42. The number of azide groups is 1. The molecule has 10 atom stereocenters. The summed E-state index contributed by atoms with van der Waals surface area (Å²) in [6, 6.07) is 0. The van der Waals surface area contributed by atoms with Gasteiger partial charge in [-0.05, 0) is 5.53 Å². The molecule has 2 rings (SSSR count). The van der Waals surface area contributed by atoms with Crippen molar-refractivity contribution >= 4 is 23.9 Å². The van der Waals surface area contributed by atoms with Crippen molar-refractivity contribution < 1.29 is 73.5 Å². The van der Waals surface area contributed by atoms with E-state index in [9.17, 15) is 45.1 Å². The summed E-state index contributed by atoms with van der Waals surface area (Å²) in [5, 5.41) is 44.8. The van der Waals surface area contributed by atoms with Crippen molar-refractivity contribution in [2.45, 2.75) is 88.3 Å². The van der Waals surface area contributed by atoms with Gasteiger partial charge in [-0.3, -0.25) is 19.2 Å². The average molecular weight is 539 g/mol. The second kappa shape index (κ2) is 12.5. The zero-order chi connectivity index (χ0) is 30.9. The lowest BCUT2D eigenvalue weighted by Gasteiger charge is -2.54. The van der Waals surface area contributed by atoms with Crippen LogP contribution in [0.15, 0.2) is 5.11 Å². The van der Waals surface area contributed by atoms with Crippen LogP contribution in [0.2, 0.25) is 0 Å². The Morgan fingerprint density at radius 1 is 0.919 bits per heavy atom. The number of nitrogens with zero attached hydrogens (tertiary/aromatic N) is 3. The Morgan fingerprint density at radius 2 is 1.49 bits per heavy atom. The molecule has 17 nitrogen and oxygen atoms in total. The smallest absolute Gasteiger partial charge is 0.303 e. The molecule has 208 valence electrons. The van der Waals surface area contributed by atoms with Crippen LogP contribution < -0.4 is 0 Å². The molecule has 17 heteroatoms. The van der Waals surface area contributed by atoms with E-state index in [1.165, 1.54) is 0 Å². The van der Waals surface area contributed by atoms with Crippen LogP contribution in [0.5, 0.6) is 0 Å². The van der Waals surface area contributed by atoms with E-state index in [0.717, 1.165) is 0 Å². The molecule has 0 bridgehead atoms. The molecule has 2 saturated heterocycles. The molecule has 0 aromatic heterocycles. The molecule has 0 amide bonds. The number of carbonyl (C=O) groups is 4. The average Bonchev–Trinajstić information content (AvgIpc) is 2.97. The molecule has 2 aliphatic rings. The zero-order valence-corrected chi connectivity index (χ0v) is 19.2. The van der Waals surface area contributed by atoms with Crippen LogP contribution in [0.4, 0.5) is 0 Å². The molecule has 0 aromatic carbocycles. The molecule has 4 N–H and O–H groups in total. The summed E-state index contributed by atoms with van der Waals surface area (Å²) >= 11 is 0. The lowest BCUT2D eigenvalue weighted by molar-refractivity contribution is -0.342. The lowest BCUT2D eigenvalue weighted by atomic mass is 9.81. The molecular formula is C20H29N3O14. The summed E-state index contributed by atoms with van der Waals surface area (Å²) in [4.78, 5) is 51.0. The van der Waals surface area contributed by atoms with E-state index < -0.39 is 125 Å². The standard InChI is InChI=1S/C20H29N3O14/c1-7(25)32-6-12-15(33-8(2)26)16(34-9(3)27)17(35-10(4)28)19(36-12)20(22-23-21)18(31)14(30)13(29)11(5-24)37-20/h11-19,24,29-31H,5-6H2,1-4H3/t11-,12-,13-,14+,15-,16+,17-,18-,19?,20?/m1/s1/i1D,2D,3D,4D. The van der Waals surface area contributed by atoms with Crippen LogP contribution in [0.25, 0.3) is 10.4 Å². The normalized spacial score (nSPS) is 38.9. The zero-order valence-electron chi connectivity index (χ0n) is 23.2. The van der Waals surface area contributed by atoms with Gasteiger partial charge in [0.1, 0.15) is 43.2 Å². The Kier molecular flexibility index (Phi) is 8.18. The van der Waals surface area contributed by atoms with Crippen LogP contribution >= 0.6 is 0 Å². The summed E-state index contributed by atoms with van der Waals surface area (Å²) in [7, 11) is 0. The van der Waals surface area contributed by atoms with Crippen LogP contribution in [0.3, 0.4) is 0 Å². The van der Waals surface area contributed by atoms with Gasteiger partial charge in [-0.15, -0.1) is 0 Å². The number of aliphatic hydroxyl groups excluding tert-OH is 4. The van der Waals surface area contributed by atoms with Crippen LogP contribution in [0, 0.1) is 0 Å². The minimum absolute atomic E-state index is 0.874. The Balaban J connectivity index is 2.81.